The third-order valence-corrected chi connectivity index (χ3v) is 6.41. The summed E-state index contributed by atoms with van der Waals surface area (Å²) in [7, 11) is 0. The monoisotopic (exact) mass is 554 g/mol. The minimum absolute atomic E-state index is 0.0266. The van der Waals surface area contributed by atoms with Gasteiger partial charge in [0.2, 0.25) is 17.7 Å². The summed E-state index contributed by atoms with van der Waals surface area (Å²) >= 11 is 1.09. The quantitative estimate of drug-likeness (QED) is 0.173. The van der Waals surface area contributed by atoms with Crippen LogP contribution in [0, 0.1) is 6.92 Å². The zero-order valence-electron chi connectivity index (χ0n) is 22.2. The number of hydrogen-bond donors (Lipinski definition) is 5. The molecule has 0 bridgehead atoms. The summed E-state index contributed by atoms with van der Waals surface area (Å²) in [6.45, 7) is 7.02. The number of nitrogens with zero attached hydrogens (tertiary/aromatic N) is 1. The molecule has 6 N–H and O–H groups in total. The van der Waals surface area contributed by atoms with Crippen LogP contribution in [0.2, 0.25) is 0 Å². The smallest absolute Gasteiger partial charge is 0.322 e. The van der Waals surface area contributed by atoms with Gasteiger partial charge < -0.3 is 31.3 Å². The lowest BCUT2D eigenvalue weighted by Gasteiger charge is -2.28. The first kappa shape index (κ1) is 32.9. The molecule has 212 valence electrons. The second-order valence-electron chi connectivity index (χ2n) is 8.83. The molecule has 1 rings (SSSR count). The van der Waals surface area contributed by atoms with Gasteiger partial charge in [0.05, 0.1) is 17.5 Å². The number of para-hydroxylation sites is 1. The van der Waals surface area contributed by atoms with Crippen molar-refractivity contribution in [3.05, 3.63) is 29.3 Å². The van der Waals surface area contributed by atoms with Gasteiger partial charge in [-0.2, -0.15) is 0 Å². The van der Waals surface area contributed by atoms with Gasteiger partial charge in [0.15, 0.2) is 0 Å². The second-order valence-corrected chi connectivity index (χ2v) is 9.86. The molecule has 2 atom stereocenters. The van der Waals surface area contributed by atoms with Gasteiger partial charge in [-0.1, -0.05) is 25.1 Å². The minimum atomic E-state index is -1.26. The van der Waals surface area contributed by atoms with E-state index in [9.17, 15) is 24.0 Å². The number of amides is 3. The Kier molecular flexibility index (Phi) is 14.4. The van der Waals surface area contributed by atoms with Crippen LogP contribution in [0.15, 0.2) is 18.2 Å². The van der Waals surface area contributed by atoms with E-state index in [0.717, 1.165) is 28.6 Å². The third-order valence-electron chi connectivity index (χ3n) is 5.39. The Hall–Kier alpha value is -3.16. The average Bonchev–Trinajstić information content (AvgIpc) is 2.85. The van der Waals surface area contributed by atoms with Gasteiger partial charge in [-0.3, -0.25) is 28.9 Å². The first-order valence-electron chi connectivity index (χ1n) is 12.2. The maximum Gasteiger partial charge on any atom is 0.322 e. The van der Waals surface area contributed by atoms with Crippen molar-refractivity contribution in [1.29, 1.82) is 0 Å². The molecule has 0 unspecified atom stereocenters. The molecule has 0 fully saturated rings. The van der Waals surface area contributed by atoms with Gasteiger partial charge in [0.1, 0.15) is 25.4 Å². The van der Waals surface area contributed by atoms with Gasteiger partial charge in [-0.15, -0.1) is 11.8 Å². The van der Waals surface area contributed by atoms with E-state index >= 15 is 0 Å². The molecule has 0 aliphatic carbocycles. The van der Waals surface area contributed by atoms with Crippen molar-refractivity contribution in [2.45, 2.75) is 65.1 Å². The number of ether oxygens (including phenoxy) is 1. The van der Waals surface area contributed by atoms with Gasteiger partial charge in [0, 0.05) is 12.2 Å². The number of carboxylic acid groups (broad SMARTS) is 2. The molecule has 3 amide bonds. The molecule has 0 saturated heterocycles. The predicted octanol–water partition coefficient (Wildman–Crippen LogP) is 0.884. The highest BCUT2D eigenvalue weighted by Crippen LogP contribution is 2.27. The van der Waals surface area contributed by atoms with Crippen LogP contribution >= 0.6 is 11.8 Å². The van der Waals surface area contributed by atoms with Crippen LogP contribution in [0.5, 0.6) is 0 Å². The first-order chi connectivity index (χ1) is 17.9. The molecule has 12 nitrogen and oxygen atoms in total. The second kappa shape index (κ2) is 16.6. The number of carboxylic acids is 2. The Morgan fingerprint density at radius 3 is 2.42 bits per heavy atom. The average molecular weight is 555 g/mol. The van der Waals surface area contributed by atoms with E-state index in [1.54, 1.807) is 4.90 Å². The van der Waals surface area contributed by atoms with E-state index < -0.39 is 42.4 Å². The first-order valence-corrected chi connectivity index (χ1v) is 13.4. The molecule has 1 aromatic rings. The zero-order chi connectivity index (χ0) is 28.8. The number of nitrogens with two attached hydrogens (primary N) is 1. The highest BCUT2D eigenvalue weighted by Gasteiger charge is 2.25. The molecule has 0 aliphatic rings. The normalized spacial score (nSPS) is 12.5. The standard InChI is InChI=1S/C25H38N4O8S/c1-5-17-8-6-7-16(4)23(17)29(14-37-15(2)3)21(31)13-38-12-19(24(34)27-11-22(32)33)28-20(30)10-9-18(26)25(35)36/h6-8,15,18-19H,5,9-14,26H2,1-4H3,(H,27,34)(H,28,30)(H,32,33)(H,35,36)/t18-,19-/m0/s1. The lowest BCUT2D eigenvalue weighted by molar-refractivity contribution is -0.139. The van der Waals surface area contributed by atoms with Crippen LogP contribution in [-0.2, 0) is 35.1 Å². The molecule has 38 heavy (non-hydrogen) atoms. The highest BCUT2D eigenvalue weighted by atomic mass is 32.2. The van der Waals surface area contributed by atoms with Gasteiger partial charge in [0.25, 0.3) is 0 Å². The van der Waals surface area contributed by atoms with E-state index in [-0.39, 0.29) is 43.1 Å². The van der Waals surface area contributed by atoms with E-state index in [1.165, 1.54) is 0 Å². The van der Waals surface area contributed by atoms with Crippen molar-refractivity contribution in [2.75, 3.05) is 29.7 Å². The number of benzene rings is 1. The zero-order valence-corrected chi connectivity index (χ0v) is 23.0. The summed E-state index contributed by atoms with van der Waals surface area (Å²) in [5.74, 6) is -4.21. The number of carbonyl (C=O) groups excluding carboxylic acids is 3. The van der Waals surface area contributed by atoms with Crippen LogP contribution in [0.25, 0.3) is 0 Å². The van der Waals surface area contributed by atoms with Crippen LogP contribution in [-0.4, -0.2) is 82.8 Å². The summed E-state index contributed by atoms with van der Waals surface area (Å²) in [5, 5.41) is 22.4. The van der Waals surface area contributed by atoms with Crippen molar-refractivity contribution in [1.82, 2.24) is 10.6 Å². The lowest BCUT2D eigenvalue weighted by Crippen LogP contribution is -2.49. The number of nitrogens with one attached hydrogen (secondary N) is 2. The van der Waals surface area contributed by atoms with Gasteiger partial charge >= 0.3 is 11.9 Å². The van der Waals surface area contributed by atoms with E-state index in [2.05, 4.69) is 10.6 Å². The number of aliphatic carboxylic acids is 2. The summed E-state index contributed by atoms with van der Waals surface area (Å²) in [4.78, 5) is 61.4. The maximum absolute atomic E-state index is 13.3. The largest absolute Gasteiger partial charge is 0.480 e. The van der Waals surface area contributed by atoms with E-state index in [0.29, 0.717) is 6.42 Å². The summed E-state index contributed by atoms with van der Waals surface area (Å²) in [6.07, 6.45) is 0.211. The lowest BCUT2D eigenvalue weighted by atomic mass is 10.0. The van der Waals surface area contributed by atoms with Crippen LogP contribution in [0.1, 0.15) is 44.7 Å². The molecule has 0 saturated carbocycles. The molecular formula is C25H38N4O8S. The van der Waals surface area contributed by atoms with Gasteiger partial charge in [-0.25, -0.2) is 0 Å². The third kappa shape index (κ3) is 11.5. The summed E-state index contributed by atoms with van der Waals surface area (Å²) in [6, 6.07) is 3.39. The molecule has 1 aromatic carbocycles. The Bertz CT molecular complexity index is 988. The van der Waals surface area contributed by atoms with Gasteiger partial charge in [-0.05, 0) is 44.7 Å². The Labute approximate surface area is 226 Å². The van der Waals surface area contributed by atoms with E-state index in [1.807, 2.05) is 45.9 Å². The molecule has 0 aromatic heterocycles. The molecule has 0 heterocycles. The summed E-state index contributed by atoms with van der Waals surface area (Å²) < 4.78 is 5.74. The molecular weight excluding hydrogens is 516 g/mol. The fourth-order valence-corrected chi connectivity index (χ4v) is 4.28. The van der Waals surface area contributed by atoms with Crippen molar-refractivity contribution in [3.8, 4) is 0 Å². The molecule has 13 heteroatoms. The predicted molar refractivity (Wildman–Crippen MR) is 144 cm³/mol. The van der Waals surface area contributed by atoms with Crippen LogP contribution < -0.4 is 21.3 Å². The summed E-state index contributed by atoms with van der Waals surface area (Å²) in [5.41, 5.74) is 8.07. The number of rotatable bonds is 17. The number of hydrogen-bond acceptors (Lipinski definition) is 8. The number of aryl methyl sites for hydroxylation is 2. The molecule has 0 aliphatic heterocycles. The topological polar surface area (TPSA) is 188 Å². The fourth-order valence-electron chi connectivity index (χ4n) is 3.36. The highest BCUT2D eigenvalue weighted by molar-refractivity contribution is 8.00. The Morgan fingerprint density at radius 1 is 1.16 bits per heavy atom. The van der Waals surface area contributed by atoms with Crippen molar-refractivity contribution in [2.24, 2.45) is 5.73 Å². The van der Waals surface area contributed by atoms with Crippen molar-refractivity contribution in [3.63, 3.8) is 0 Å². The molecule has 0 spiro atoms. The van der Waals surface area contributed by atoms with E-state index in [4.69, 9.17) is 20.7 Å². The minimum Gasteiger partial charge on any atom is -0.480 e. The number of anilines is 1. The van der Waals surface area contributed by atoms with Crippen LogP contribution in [0.3, 0.4) is 0 Å². The Morgan fingerprint density at radius 2 is 1.84 bits per heavy atom. The van der Waals surface area contributed by atoms with Crippen molar-refractivity contribution < 1.29 is 38.9 Å². The Balaban J connectivity index is 2.95. The molecule has 0 radical (unpaired) electrons. The SMILES string of the molecule is CCc1cccc(C)c1N(COC(C)C)C(=O)CSC[C@H](NC(=O)CC[C@H](N)C(=O)O)C(=O)NCC(=O)O. The maximum atomic E-state index is 13.3. The fraction of sp³-hybridized carbons (Fsp3) is 0.560. The number of thioether (sulfide) groups is 1. The number of carbonyl (C=O) groups is 5. The van der Waals surface area contributed by atoms with Crippen molar-refractivity contribution >= 4 is 47.1 Å². The van der Waals surface area contributed by atoms with Crippen LogP contribution in [0.4, 0.5) is 5.69 Å².